The Hall–Kier alpha value is -0.170. The Kier molecular flexibility index (Phi) is 3.53. The van der Waals surface area contributed by atoms with Gasteiger partial charge in [-0.05, 0) is 19.3 Å². The summed E-state index contributed by atoms with van der Waals surface area (Å²) in [6.07, 6.45) is 4.08. The van der Waals surface area contributed by atoms with Crippen LogP contribution in [0, 0.1) is 0 Å². The summed E-state index contributed by atoms with van der Waals surface area (Å²) in [5.41, 5.74) is 0. The molecule has 1 fully saturated rings. The second-order valence-corrected chi connectivity index (χ2v) is 7.48. The van der Waals surface area contributed by atoms with Gasteiger partial charge in [0.1, 0.15) is 0 Å². The third-order valence-electron chi connectivity index (χ3n) is 2.81. The van der Waals surface area contributed by atoms with Crippen molar-refractivity contribution in [3.63, 3.8) is 0 Å². The molecule has 2 rings (SSSR count). The Bertz CT molecular complexity index is 472. The maximum absolute atomic E-state index is 12.3. The summed E-state index contributed by atoms with van der Waals surface area (Å²) in [5, 5.41) is 0. The van der Waals surface area contributed by atoms with E-state index in [1.807, 2.05) is 6.92 Å². The summed E-state index contributed by atoms with van der Waals surface area (Å²) >= 11 is 6.69. The second kappa shape index (κ2) is 4.60. The van der Waals surface area contributed by atoms with Gasteiger partial charge in [-0.1, -0.05) is 29.9 Å². The molecule has 1 atom stereocenters. The largest absolute Gasteiger partial charge is 0.254 e. The van der Waals surface area contributed by atoms with Crippen LogP contribution < -0.4 is 0 Å². The fourth-order valence-electron chi connectivity index (χ4n) is 2.01. The highest BCUT2D eigenvalue weighted by atomic mass is 35.5. The first-order valence-corrected chi connectivity index (χ1v) is 7.82. The van der Waals surface area contributed by atoms with Crippen molar-refractivity contribution in [1.29, 1.82) is 0 Å². The molecule has 4 nitrogen and oxygen atoms in total. The van der Waals surface area contributed by atoms with Crippen molar-refractivity contribution in [2.45, 2.75) is 36.4 Å². The lowest BCUT2D eigenvalue weighted by atomic mass is 10.2. The van der Waals surface area contributed by atoms with Crippen LogP contribution in [0.15, 0.2) is 10.4 Å². The van der Waals surface area contributed by atoms with Gasteiger partial charge >= 0.3 is 0 Å². The smallest absolute Gasteiger partial charge is 0.232 e. The Morgan fingerprint density at radius 3 is 3.00 bits per heavy atom. The van der Waals surface area contributed by atoms with Gasteiger partial charge in [-0.2, -0.15) is 4.31 Å². The van der Waals surface area contributed by atoms with Gasteiger partial charge < -0.3 is 0 Å². The minimum absolute atomic E-state index is 0.130. The van der Waals surface area contributed by atoms with Crippen molar-refractivity contribution in [3.05, 3.63) is 10.7 Å². The molecule has 0 saturated carbocycles. The van der Waals surface area contributed by atoms with Gasteiger partial charge in [0.15, 0.2) is 8.68 Å². The zero-order chi connectivity index (χ0) is 11.8. The molecule has 1 aromatic rings. The van der Waals surface area contributed by atoms with Crippen LogP contribution in [-0.2, 0) is 10.0 Å². The molecule has 0 spiro atoms. The van der Waals surface area contributed by atoms with Crippen LogP contribution in [0.4, 0.5) is 0 Å². The van der Waals surface area contributed by atoms with Crippen LogP contribution in [-0.4, -0.2) is 30.3 Å². The first kappa shape index (κ1) is 12.3. The molecule has 1 saturated heterocycles. The minimum atomic E-state index is -3.37. The van der Waals surface area contributed by atoms with Crippen molar-refractivity contribution in [3.8, 4) is 0 Å². The first-order valence-electron chi connectivity index (χ1n) is 5.19. The highest BCUT2D eigenvalue weighted by molar-refractivity contribution is 7.91. The monoisotopic (exact) mass is 280 g/mol. The van der Waals surface area contributed by atoms with Gasteiger partial charge in [0.25, 0.3) is 10.0 Å². The highest BCUT2D eigenvalue weighted by Gasteiger charge is 2.35. The lowest BCUT2D eigenvalue weighted by Gasteiger charge is -2.21. The molecule has 2 heterocycles. The fourth-order valence-corrected chi connectivity index (χ4v) is 5.20. The molecule has 7 heteroatoms. The quantitative estimate of drug-likeness (QED) is 0.854. The third-order valence-corrected chi connectivity index (χ3v) is 6.32. The second-order valence-electron chi connectivity index (χ2n) is 3.75. The van der Waals surface area contributed by atoms with Crippen LogP contribution in [0.2, 0.25) is 4.47 Å². The summed E-state index contributed by atoms with van der Waals surface area (Å²) in [5.74, 6) is 0. The Morgan fingerprint density at radius 1 is 1.69 bits per heavy atom. The standard InChI is InChI=1S/C9H13ClN2O2S2/c1-2-7-4-3-5-12(7)16(13,14)8-6-11-9(10)15-8/h6-7H,2-5H2,1H3. The van der Waals surface area contributed by atoms with Crippen molar-refractivity contribution < 1.29 is 8.42 Å². The maximum atomic E-state index is 12.3. The summed E-state index contributed by atoms with van der Waals surface area (Å²) in [6, 6.07) is 0.130. The van der Waals surface area contributed by atoms with Crippen LogP contribution in [0.3, 0.4) is 0 Å². The average Bonchev–Trinajstić information content (AvgIpc) is 2.85. The van der Waals surface area contributed by atoms with Crippen molar-refractivity contribution in [2.24, 2.45) is 0 Å². The highest BCUT2D eigenvalue weighted by Crippen LogP contribution is 2.31. The molecular weight excluding hydrogens is 268 g/mol. The number of aromatic nitrogens is 1. The molecule has 90 valence electrons. The topological polar surface area (TPSA) is 50.3 Å². The van der Waals surface area contributed by atoms with E-state index in [0.717, 1.165) is 30.6 Å². The fraction of sp³-hybridized carbons (Fsp3) is 0.667. The predicted octanol–water partition coefficient (Wildman–Crippen LogP) is 2.36. The van der Waals surface area contributed by atoms with E-state index in [4.69, 9.17) is 11.6 Å². The maximum Gasteiger partial charge on any atom is 0.254 e. The first-order chi connectivity index (χ1) is 7.55. The lowest BCUT2D eigenvalue weighted by Crippen LogP contribution is -2.34. The van der Waals surface area contributed by atoms with Crippen molar-refractivity contribution in [1.82, 2.24) is 9.29 Å². The Labute approximate surface area is 104 Å². The van der Waals surface area contributed by atoms with E-state index >= 15 is 0 Å². The van der Waals surface area contributed by atoms with Gasteiger partial charge in [-0.15, -0.1) is 0 Å². The molecule has 1 unspecified atom stereocenters. The molecule has 1 aliphatic heterocycles. The predicted molar refractivity (Wildman–Crippen MR) is 64.3 cm³/mol. The SMILES string of the molecule is CCC1CCCN1S(=O)(=O)c1cnc(Cl)s1. The Balaban J connectivity index is 2.32. The zero-order valence-corrected chi connectivity index (χ0v) is 11.3. The van der Waals surface area contributed by atoms with E-state index in [-0.39, 0.29) is 14.7 Å². The van der Waals surface area contributed by atoms with E-state index in [1.54, 1.807) is 4.31 Å². The molecule has 0 N–H and O–H groups in total. The normalized spacial score (nSPS) is 22.8. The minimum Gasteiger partial charge on any atom is -0.232 e. The average molecular weight is 281 g/mol. The zero-order valence-electron chi connectivity index (χ0n) is 8.89. The van der Waals surface area contributed by atoms with Gasteiger partial charge in [0.05, 0.1) is 6.20 Å². The number of thiazole rings is 1. The number of halogens is 1. The number of hydrogen-bond donors (Lipinski definition) is 0. The number of nitrogens with zero attached hydrogens (tertiary/aromatic N) is 2. The number of rotatable bonds is 3. The number of hydrogen-bond acceptors (Lipinski definition) is 4. The van der Waals surface area contributed by atoms with Crippen LogP contribution in [0.1, 0.15) is 26.2 Å². The van der Waals surface area contributed by atoms with E-state index in [0.29, 0.717) is 6.54 Å². The van der Waals surface area contributed by atoms with Crippen LogP contribution in [0.5, 0.6) is 0 Å². The van der Waals surface area contributed by atoms with Gasteiger partial charge in [0.2, 0.25) is 0 Å². The van der Waals surface area contributed by atoms with Crippen LogP contribution >= 0.6 is 22.9 Å². The third kappa shape index (κ3) is 2.11. The van der Waals surface area contributed by atoms with E-state index in [1.165, 1.54) is 6.20 Å². The lowest BCUT2D eigenvalue weighted by molar-refractivity contribution is 0.380. The molecule has 0 aliphatic carbocycles. The molecule has 0 amide bonds. The van der Waals surface area contributed by atoms with E-state index in [2.05, 4.69) is 4.98 Å². The molecule has 0 aromatic carbocycles. The summed E-state index contributed by atoms with van der Waals surface area (Å²) in [6.45, 7) is 2.62. The molecule has 1 aromatic heterocycles. The molecule has 16 heavy (non-hydrogen) atoms. The molecule has 0 bridgehead atoms. The summed E-state index contributed by atoms with van der Waals surface area (Å²) in [4.78, 5) is 3.78. The molecular formula is C9H13ClN2O2S2. The van der Waals surface area contributed by atoms with Crippen molar-refractivity contribution >= 4 is 33.0 Å². The molecule has 0 radical (unpaired) electrons. The Morgan fingerprint density at radius 2 is 2.44 bits per heavy atom. The van der Waals surface area contributed by atoms with E-state index < -0.39 is 10.0 Å². The molecule has 1 aliphatic rings. The number of sulfonamides is 1. The van der Waals surface area contributed by atoms with Gasteiger partial charge in [-0.3, -0.25) is 0 Å². The van der Waals surface area contributed by atoms with Crippen LogP contribution in [0.25, 0.3) is 0 Å². The van der Waals surface area contributed by atoms with Gasteiger partial charge in [0, 0.05) is 12.6 Å². The van der Waals surface area contributed by atoms with Crippen molar-refractivity contribution in [2.75, 3.05) is 6.54 Å². The summed E-state index contributed by atoms with van der Waals surface area (Å²) < 4.78 is 26.6. The van der Waals surface area contributed by atoms with Gasteiger partial charge in [-0.25, -0.2) is 13.4 Å². The summed E-state index contributed by atoms with van der Waals surface area (Å²) in [7, 11) is -3.37. The van der Waals surface area contributed by atoms with E-state index in [9.17, 15) is 8.42 Å².